The predicted molar refractivity (Wildman–Crippen MR) is 88.8 cm³/mol. The van der Waals surface area contributed by atoms with Gasteiger partial charge in [0.15, 0.2) is 5.13 Å². The van der Waals surface area contributed by atoms with Gasteiger partial charge in [0.25, 0.3) is 0 Å². The molecule has 0 atom stereocenters. The lowest BCUT2D eigenvalue weighted by Crippen LogP contribution is -2.37. The first-order valence-electron chi connectivity index (χ1n) is 6.96. The van der Waals surface area contributed by atoms with E-state index in [0.29, 0.717) is 5.13 Å². The second-order valence-electron chi connectivity index (χ2n) is 5.57. The van der Waals surface area contributed by atoms with Gasteiger partial charge >= 0.3 is 0 Å². The molecule has 116 valence electrons. The average molecular weight is 338 g/mol. The summed E-state index contributed by atoms with van der Waals surface area (Å²) in [6.07, 6.45) is 2.44. The number of anilines is 1. The van der Waals surface area contributed by atoms with E-state index in [-0.39, 0.29) is 18.3 Å². The van der Waals surface area contributed by atoms with Crippen LogP contribution in [-0.2, 0) is 11.2 Å². The summed E-state index contributed by atoms with van der Waals surface area (Å²) in [6.45, 7) is 0.746. The number of aromatic nitrogens is 1. The molecule has 1 fully saturated rings. The van der Waals surface area contributed by atoms with Crippen LogP contribution in [0.1, 0.15) is 18.4 Å². The third kappa shape index (κ3) is 2.69. The first-order chi connectivity index (χ1) is 10.1. The fourth-order valence-electron chi connectivity index (χ4n) is 2.39. The number of carbonyl (C=O) groups excluding carboxylic acids is 1. The summed E-state index contributed by atoms with van der Waals surface area (Å²) < 4.78 is 5.50. The lowest BCUT2D eigenvalue weighted by molar-refractivity contribution is -0.118. The quantitative estimate of drug-likeness (QED) is 0.902. The summed E-state index contributed by atoms with van der Waals surface area (Å²) in [7, 11) is 0. The number of halogens is 1. The Morgan fingerprint density at radius 2 is 2.23 bits per heavy atom. The van der Waals surface area contributed by atoms with Gasteiger partial charge in [0.2, 0.25) is 5.91 Å². The molecule has 2 heterocycles. The van der Waals surface area contributed by atoms with Crippen LogP contribution in [0.4, 0.5) is 5.13 Å². The zero-order valence-corrected chi connectivity index (χ0v) is 13.4. The molecule has 0 unspecified atom stereocenters. The predicted octanol–water partition coefficient (Wildman–Crippen LogP) is 2.60. The van der Waals surface area contributed by atoms with Crippen molar-refractivity contribution in [2.24, 2.45) is 5.73 Å². The maximum atomic E-state index is 11.9. The van der Waals surface area contributed by atoms with E-state index in [1.54, 1.807) is 0 Å². The maximum Gasteiger partial charge on any atom is 0.246 e. The smallest absolute Gasteiger partial charge is 0.246 e. The Morgan fingerprint density at radius 3 is 3.00 bits per heavy atom. The fraction of sp³-hybridized carbons (Fsp3) is 0.333. The summed E-state index contributed by atoms with van der Waals surface area (Å²) in [5.74, 6) is 0.826. The van der Waals surface area contributed by atoms with Crippen molar-refractivity contribution in [3.63, 3.8) is 0 Å². The van der Waals surface area contributed by atoms with Crippen LogP contribution in [0, 0.1) is 0 Å². The average Bonchev–Trinajstić information content (AvgIpc) is 2.93. The molecule has 0 bridgehead atoms. The van der Waals surface area contributed by atoms with E-state index in [2.05, 4.69) is 16.4 Å². The third-order valence-corrected chi connectivity index (χ3v) is 4.71. The van der Waals surface area contributed by atoms with Gasteiger partial charge in [0, 0.05) is 17.4 Å². The SMILES string of the molecule is Cl.NC1(C(=O)Nc2nc(-c3ccc4c(c3)CCO4)cs2)CC1. The van der Waals surface area contributed by atoms with Gasteiger partial charge in [0.05, 0.1) is 17.8 Å². The number of ether oxygens (including phenoxy) is 1. The van der Waals surface area contributed by atoms with E-state index >= 15 is 0 Å². The van der Waals surface area contributed by atoms with Crippen LogP contribution in [0.15, 0.2) is 23.6 Å². The number of nitrogens with one attached hydrogen (secondary N) is 1. The Morgan fingerprint density at radius 1 is 1.41 bits per heavy atom. The van der Waals surface area contributed by atoms with Crippen molar-refractivity contribution in [3.05, 3.63) is 29.1 Å². The Kier molecular flexibility index (Phi) is 3.84. The maximum absolute atomic E-state index is 11.9. The lowest BCUT2D eigenvalue weighted by atomic mass is 10.1. The van der Waals surface area contributed by atoms with Gasteiger partial charge in [0.1, 0.15) is 5.75 Å². The molecule has 7 heteroatoms. The number of nitrogens with two attached hydrogens (primary N) is 1. The highest BCUT2D eigenvalue weighted by atomic mass is 35.5. The highest BCUT2D eigenvalue weighted by Crippen LogP contribution is 2.35. The van der Waals surface area contributed by atoms with Crippen molar-refractivity contribution in [1.82, 2.24) is 4.98 Å². The molecule has 3 N–H and O–H groups in total. The van der Waals surface area contributed by atoms with Crippen LogP contribution in [0.2, 0.25) is 0 Å². The standard InChI is InChI=1S/C15H15N3O2S.ClH/c16-15(4-5-15)13(19)18-14-17-11(8-21-14)9-1-2-12-10(7-9)3-6-20-12;/h1-2,7-8H,3-6,16H2,(H,17,18,19);1H. The molecule has 1 saturated carbocycles. The molecular formula is C15H16ClN3O2S. The van der Waals surface area contributed by atoms with Crippen molar-refractivity contribution in [2.45, 2.75) is 24.8 Å². The normalized spacial score (nSPS) is 17.1. The van der Waals surface area contributed by atoms with Gasteiger partial charge in [-0.05, 0) is 36.6 Å². The first-order valence-corrected chi connectivity index (χ1v) is 7.84. The van der Waals surface area contributed by atoms with Gasteiger partial charge in [-0.1, -0.05) is 0 Å². The van der Waals surface area contributed by atoms with Gasteiger partial charge in [-0.3, -0.25) is 4.79 Å². The first kappa shape index (κ1) is 15.3. The van der Waals surface area contributed by atoms with Crippen molar-refractivity contribution in [1.29, 1.82) is 0 Å². The van der Waals surface area contributed by atoms with E-state index in [1.807, 2.05) is 17.5 Å². The van der Waals surface area contributed by atoms with Crippen LogP contribution in [-0.4, -0.2) is 23.0 Å². The molecule has 2 aromatic rings. The Hall–Kier alpha value is -1.63. The summed E-state index contributed by atoms with van der Waals surface area (Å²) in [4.78, 5) is 16.4. The second kappa shape index (κ2) is 5.53. The minimum atomic E-state index is -0.670. The number of thiazole rings is 1. The summed E-state index contributed by atoms with van der Waals surface area (Å²) in [5, 5.41) is 5.35. The zero-order valence-electron chi connectivity index (χ0n) is 11.8. The number of rotatable bonds is 3. The number of hydrogen-bond donors (Lipinski definition) is 2. The molecule has 0 spiro atoms. The largest absolute Gasteiger partial charge is 0.493 e. The number of amides is 1. The van der Waals surface area contributed by atoms with Gasteiger partial charge in [-0.15, -0.1) is 23.7 Å². The molecule has 5 nitrogen and oxygen atoms in total. The number of nitrogens with zero attached hydrogens (tertiary/aromatic N) is 1. The molecule has 1 aromatic heterocycles. The number of benzene rings is 1. The van der Waals surface area contributed by atoms with E-state index in [9.17, 15) is 4.79 Å². The molecule has 1 aliphatic heterocycles. The summed E-state index contributed by atoms with van der Waals surface area (Å²) in [6, 6.07) is 6.08. The molecule has 2 aliphatic rings. The third-order valence-electron chi connectivity index (χ3n) is 3.95. The summed E-state index contributed by atoms with van der Waals surface area (Å²) >= 11 is 1.42. The van der Waals surface area contributed by atoms with Gasteiger partial charge in [-0.2, -0.15) is 0 Å². The van der Waals surface area contributed by atoms with E-state index in [0.717, 1.165) is 42.9 Å². The van der Waals surface area contributed by atoms with E-state index in [4.69, 9.17) is 10.5 Å². The highest BCUT2D eigenvalue weighted by Gasteiger charge is 2.46. The molecule has 0 radical (unpaired) electrons. The minimum Gasteiger partial charge on any atom is -0.493 e. The zero-order chi connectivity index (χ0) is 14.4. The molecule has 1 amide bonds. The van der Waals surface area contributed by atoms with Crippen LogP contribution < -0.4 is 15.8 Å². The van der Waals surface area contributed by atoms with E-state index < -0.39 is 5.54 Å². The molecule has 1 aromatic carbocycles. The van der Waals surface area contributed by atoms with Crippen LogP contribution in [0.25, 0.3) is 11.3 Å². The topological polar surface area (TPSA) is 77.2 Å². The van der Waals surface area contributed by atoms with Gasteiger partial charge in [-0.25, -0.2) is 4.98 Å². The van der Waals surface area contributed by atoms with Crippen LogP contribution in [0.5, 0.6) is 5.75 Å². The van der Waals surface area contributed by atoms with Crippen LogP contribution >= 0.6 is 23.7 Å². The Balaban J connectivity index is 0.00000144. The van der Waals surface area contributed by atoms with Crippen molar-refractivity contribution in [3.8, 4) is 17.0 Å². The molecular weight excluding hydrogens is 322 g/mol. The van der Waals surface area contributed by atoms with E-state index in [1.165, 1.54) is 16.9 Å². The second-order valence-corrected chi connectivity index (χ2v) is 6.43. The minimum absolute atomic E-state index is 0. The van der Waals surface area contributed by atoms with Crippen LogP contribution in [0.3, 0.4) is 0 Å². The molecule has 0 saturated heterocycles. The van der Waals surface area contributed by atoms with Crippen molar-refractivity contribution >= 4 is 34.8 Å². The number of carbonyl (C=O) groups is 1. The molecule has 22 heavy (non-hydrogen) atoms. The van der Waals surface area contributed by atoms with Crippen molar-refractivity contribution < 1.29 is 9.53 Å². The number of fused-ring (bicyclic) bond motifs is 1. The van der Waals surface area contributed by atoms with Gasteiger partial charge < -0.3 is 15.8 Å². The number of hydrogen-bond acceptors (Lipinski definition) is 5. The monoisotopic (exact) mass is 337 g/mol. The lowest BCUT2D eigenvalue weighted by Gasteiger charge is -2.06. The highest BCUT2D eigenvalue weighted by molar-refractivity contribution is 7.14. The Bertz CT molecular complexity index is 727. The molecule has 4 rings (SSSR count). The molecule has 1 aliphatic carbocycles. The Labute approximate surface area is 138 Å². The van der Waals surface area contributed by atoms with Crippen molar-refractivity contribution in [2.75, 3.05) is 11.9 Å². The fourth-order valence-corrected chi connectivity index (χ4v) is 3.11. The summed E-state index contributed by atoms with van der Waals surface area (Å²) in [5.41, 5.74) is 8.32.